The lowest BCUT2D eigenvalue weighted by atomic mass is 9.97. The second-order valence-corrected chi connectivity index (χ2v) is 8.39. The lowest BCUT2D eigenvalue weighted by molar-refractivity contribution is 0.232. The van der Waals surface area contributed by atoms with Crippen LogP contribution in [0.5, 0.6) is 0 Å². The minimum atomic E-state index is -0.391. The highest BCUT2D eigenvalue weighted by Crippen LogP contribution is 2.43. The minimum absolute atomic E-state index is 0.139. The molecule has 5 rings (SSSR count). The predicted octanol–water partition coefficient (Wildman–Crippen LogP) is 3.49. The Bertz CT molecular complexity index is 1080. The van der Waals surface area contributed by atoms with E-state index >= 15 is 0 Å². The summed E-state index contributed by atoms with van der Waals surface area (Å²) >= 11 is 8.03. The van der Waals surface area contributed by atoms with Crippen LogP contribution in [0, 0.1) is 18.7 Å². The van der Waals surface area contributed by atoms with Crippen LogP contribution in [0.4, 0.5) is 4.39 Å². The number of aliphatic hydroxyl groups is 1. The van der Waals surface area contributed by atoms with Crippen LogP contribution in [-0.2, 0) is 19.4 Å². The fourth-order valence-electron chi connectivity index (χ4n) is 3.96. The van der Waals surface area contributed by atoms with Crippen LogP contribution in [0.3, 0.4) is 0 Å². The van der Waals surface area contributed by atoms with Crippen molar-refractivity contribution >= 4 is 28.6 Å². The number of benzene rings is 1. The van der Waals surface area contributed by atoms with Gasteiger partial charge in [-0.3, -0.25) is 9.56 Å². The van der Waals surface area contributed by atoms with Crippen molar-refractivity contribution < 1.29 is 9.50 Å². The van der Waals surface area contributed by atoms with Gasteiger partial charge in [-0.15, -0.1) is 21.5 Å². The largest absolute Gasteiger partial charge is 0.396 e. The topological polar surface area (TPSA) is 63.3 Å². The molecule has 0 saturated carbocycles. The van der Waals surface area contributed by atoms with Gasteiger partial charge in [0, 0.05) is 17.0 Å². The zero-order valence-corrected chi connectivity index (χ0v) is 16.1. The number of halogens is 2. The van der Waals surface area contributed by atoms with Crippen molar-refractivity contribution in [2.45, 2.75) is 26.3 Å². The summed E-state index contributed by atoms with van der Waals surface area (Å²) in [7, 11) is 0. The molecule has 0 radical (unpaired) electrons. The number of nitrogens with zero attached hydrogens (tertiary/aromatic N) is 4. The normalized spacial score (nSPS) is 17.9. The molecule has 0 bridgehead atoms. The molecule has 2 aliphatic rings. The summed E-state index contributed by atoms with van der Waals surface area (Å²) in [6.45, 7) is 2.35. The molecule has 1 atom stereocenters. The Morgan fingerprint density at radius 2 is 2.15 bits per heavy atom. The Hall–Kier alpha value is -2.09. The summed E-state index contributed by atoms with van der Waals surface area (Å²) in [5, 5.41) is 19.4. The van der Waals surface area contributed by atoms with Crippen molar-refractivity contribution in [3.8, 4) is 5.00 Å². The molecule has 138 valence electrons. The second kappa shape index (κ2) is 6.22. The van der Waals surface area contributed by atoms with Crippen LogP contribution in [0.15, 0.2) is 23.2 Å². The Kier molecular flexibility index (Phi) is 3.93. The molecule has 0 fully saturated rings. The monoisotopic (exact) mass is 402 g/mol. The fourth-order valence-corrected chi connectivity index (χ4v) is 5.73. The molecule has 0 amide bonds. The van der Waals surface area contributed by atoms with Crippen molar-refractivity contribution in [3.63, 3.8) is 0 Å². The SMILES string of the molecule is Cc1nnc2n1-c1sc3c(c1C(c1c(F)cccc1Cl)=NC2)CC(CO)C3. The van der Waals surface area contributed by atoms with Gasteiger partial charge >= 0.3 is 0 Å². The van der Waals surface area contributed by atoms with Crippen molar-refractivity contribution in [1.82, 2.24) is 14.8 Å². The number of hydrogen-bond acceptors (Lipinski definition) is 5. The molecule has 5 nitrogen and oxygen atoms in total. The van der Waals surface area contributed by atoms with Crippen molar-refractivity contribution in [2.75, 3.05) is 6.61 Å². The molecule has 1 N–H and O–H groups in total. The highest BCUT2D eigenvalue weighted by atomic mass is 35.5. The number of thiophene rings is 1. The van der Waals surface area contributed by atoms with Crippen LogP contribution in [0.1, 0.15) is 33.2 Å². The van der Waals surface area contributed by atoms with E-state index in [9.17, 15) is 9.50 Å². The summed E-state index contributed by atoms with van der Waals surface area (Å²) in [6.07, 6.45) is 1.57. The summed E-state index contributed by atoms with van der Waals surface area (Å²) in [6, 6.07) is 4.68. The molecule has 2 aromatic heterocycles. The Morgan fingerprint density at radius 1 is 1.30 bits per heavy atom. The number of aliphatic imine (C=N–C) groups is 1. The van der Waals surface area contributed by atoms with Gasteiger partial charge in [-0.05, 0) is 43.4 Å². The third kappa shape index (κ3) is 2.49. The van der Waals surface area contributed by atoms with Gasteiger partial charge in [-0.25, -0.2) is 4.39 Å². The van der Waals surface area contributed by atoms with Gasteiger partial charge in [0.2, 0.25) is 0 Å². The molecule has 8 heteroatoms. The first kappa shape index (κ1) is 17.0. The highest BCUT2D eigenvalue weighted by molar-refractivity contribution is 7.15. The maximum atomic E-state index is 14.8. The van der Waals surface area contributed by atoms with Crippen LogP contribution in [-0.4, -0.2) is 32.2 Å². The molecule has 0 saturated heterocycles. The Labute approximate surface area is 164 Å². The van der Waals surface area contributed by atoms with Crippen molar-refractivity contribution in [1.29, 1.82) is 0 Å². The van der Waals surface area contributed by atoms with E-state index < -0.39 is 5.82 Å². The molecule has 1 aromatic carbocycles. The molecule has 3 aromatic rings. The first-order valence-electron chi connectivity index (χ1n) is 8.74. The number of hydrogen-bond donors (Lipinski definition) is 1. The van der Waals surface area contributed by atoms with E-state index in [2.05, 4.69) is 10.2 Å². The van der Waals surface area contributed by atoms with Gasteiger partial charge in [-0.1, -0.05) is 17.7 Å². The molecule has 1 unspecified atom stereocenters. The number of aryl methyl sites for hydroxylation is 1. The Balaban J connectivity index is 1.80. The standard InChI is InChI=1S/C19H16ClFN4OS/c1-9-23-24-15-7-22-18(17-12(20)3-2-4-13(17)21)16-11-5-10(8-26)6-14(11)27-19(16)25(9)15/h2-4,10,26H,5-8H2,1H3. The van der Waals surface area contributed by atoms with E-state index in [-0.39, 0.29) is 12.5 Å². The average Bonchev–Trinajstić information content (AvgIpc) is 3.27. The third-order valence-electron chi connectivity index (χ3n) is 5.21. The highest BCUT2D eigenvalue weighted by Gasteiger charge is 2.35. The number of aliphatic hydroxyl groups excluding tert-OH is 1. The fraction of sp³-hybridized carbons (Fsp3) is 0.316. The smallest absolute Gasteiger partial charge is 0.160 e. The zero-order chi connectivity index (χ0) is 18.7. The lowest BCUT2D eigenvalue weighted by Crippen LogP contribution is -2.12. The van der Waals surface area contributed by atoms with Crippen molar-refractivity contribution in [3.05, 3.63) is 62.3 Å². The number of rotatable bonds is 2. The molecular formula is C19H16ClFN4OS. The van der Waals surface area contributed by atoms with Gasteiger partial charge in [0.05, 0.1) is 16.3 Å². The van der Waals surface area contributed by atoms with Crippen LogP contribution >= 0.6 is 22.9 Å². The zero-order valence-electron chi connectivity index (χ0n) is 14.5. The van der Waals surface area contributed by atoms with Gasteiger partial charge < -0.3 is 5.11 Å². The van der Waals surface area contributed by atoms with Gasteiger partial charge in [0.25, 0.3) is 0 Å². The molecule has 1 aliphatic carbocycles. The minimum Gasteiger partial charge on any atom is -0.396 e. The third-order valence-corrected chi connectivity index (χ3v) is 6.76. The average molecular weight is 403 g/mol. The first-order valence-corrected chi connectivity index (χ1v) is 9.93. The number of fused-ring (bicyclic) bond motifs is 5. The lowest BCUT2D eigenvalue weighted by Gasteiger charge is -2.13. The van der Waals surface area contributed by atoms with E-state index in [4.69, 9.17) is 16.6 Å². The van der Waals surface area contributed by atoms with E-state index in [0.717, 1.165) is 40.6 Å². The predicted molar refractivity (Wildman–Crippen MR) is 103 cm³/mol. The van der Waals surface area contributed by atoms with Crippen LogP contribution in [0.2, 0.25) is 5.02 Å². The second-order valence-electron chi connectivity index (χ2n) is 6.90. The summed E-state index contributed by atoms with van der Waals surface area (Å²) in [5.74, 6) is 1.31. The summed E-state index contributed by atoms with van der Waals surface area (Å²) < 4.78 is 16.8. The van der Waals surface area contributed by atoms with E-state index in [0.29, 0.717) is 22.8 Å². The first-order chi connectivity index (χ1) is 13.1. The van der Waals surface area contributed by atoms with Crippen molar-refractivity contribution in [2.24, 2.45) is 10.9 Å². The summed E-state index contributed by atoms with van der Waals surface area (Å²) in [4.78, 5) is 5.93. The van der Waals surface area contributed by atoms with Gasteiger partial charge in [-0.2, -0.15) is 0 Å². The van der Waals surface area contributed by atoms with Crippen LogP contribution < -0.4 is 0 Å². The van der Waals surface area contributed by atoms with E-state index in [1.165, 1.54) is 10.9 Å². The van der Waals surface area contributed by atoms with Crippen LogP contribution in [0.25, 0.3) is 5.00 Å². The summed E-state index contributed by atoms with van der Waals surface area (Å²) in [5.41, 5.74) is 2.92. The molecule has 27 heavy (non-hydrogen) atoms. The molecular weight excluding hydrogens is 387 g/mol. The quantitative estimate of drug-likeness (QED) is 0.713. The van der Waals surface area contributed by atoms with Gasteiger partial charge in [0.1, 0.15) is 23.2 Å². The number of aromatic nitrogens is 3. The molecule has 0 spiro atoms. The Morgan fingerprint density at radius 3 is 2.93 bits per heavy atom. The van der Waals surface area contributed by atoms with E-state index in [1.807, 2.05) is 11.5 Å². The maximum Gasteiger partial charge on any atom is 0.160 e. The molecule has 1 aliphatic heterocycles. The molecule has 3 heterocycles. The van der Waals surface area contributed by atoms with Gasteiger partial charge in [0.15, 0.2) is 5.82 Å². The van der Waals surface area contributed by atoms with E-state index in [1.54, 1.807) is 23.5 Å². The maximum absolute atomic E-state index is 14.8.